The molecule has 2 rings (SSSR count). The van der Waals surface area contributed by atoms with Gasteiger partial charge in [0, 0.05) is 19.3 Å². The molecule has 0 saturated heterocycles. The molecule has 18 heavy (non-hydrogen) atoms. The topological polar surface area (TPSA) is 47.6 Å². The van der Waals surface area contributed by atoms with Crippen molar-refractivity contribution in [3.05, 3.63) is 0 Å². The lowest BCUT2D eigenvalue weighted by atomic mass is 9.98. The number of esters is 1. The Morgan fingerprint density at radius 1 is 1.33 bits per heavy atom. The van der Waals surface area contributed by atoms with Gasteiger partial charge in [-0.2, -0.15) is 0 Å². The summed E-state index contributed by atoms with van der Waals surface area (Å²) in [6.07, 6.45) is 5.62. The third-order valence-electron chi connectivity index (χ3n) is 3.62. The average Bonchev–Trinajstić information content (AvgIpc) is 3.20. The SMILES string of the molecule is CCOC(=O)C(C)(CCOCC1CC1)NC1CC1. The summed E-state index contributed by atoms with van der Waals surface area (Å²) in [5.41, 5.74) is -0.583. The second-order valence-corrected chi connectivity index (χ2v) is 5.74. The summed E-state index contributed by atoms with van der Waals surface area (Å²) in [5, 5.41) is 3.40. The fourth-order valence-corrected chi connectivity index (χ4v) is 2.01. The van der Waals surface area contributed by atoms with Crippen LogP contribution in [-0.4, -0.2) is 37.4 Å². The molecule has 2 aliphatic rings. The maximum atomic E-state index is 12.0. The third kappa shape index (κ3) is 4.25. The van der Waals surface area contributed by atoms with Crippen molar-refractivity contribution in [2.45, 2.75) is 57.5 Å². The van der Waals surface area contributed by atoms with Crippen LogP contribution in [0.1, 0.15) is 46.0 Å². The first-order valence-electron chi connectivity index (χ1n) is 7.16. The van der Waals surface area contributed by atoms with Crippen molar-refractivity contribution in [2.75, 3.05) is 19.8 Å². The van der Waals surface area contributed by atoms with Gasteiger partial charge in [0.1, 0.15) is 5.54 Å². The first kappa shape index (κ1) is 13.8. The van der Waals surface area contributed by atoms with Gasteiger partial charge in [0.2, 0.25) is 0 Å². The van der Waals surface area contributed by atoms with Crippen molar-refractivity contribution in [1.82, 2.24) is 5.32 Å². The van der Waals surface area contributed by atoms with Crippen molar-refractivity contribution in [3.63, 3.8) is 0 Å². The summed E-state index contributed by atoms with van der Waals surface area (Å²) in [4.78, 5) is 12.0. The Morgan fingerprint density at radius 2 is 2.06 bits per heavy atom. The van der Waals surface area contributed by atoms with Crippen molar-refractivity contribution in [3.8, 4) is 0 Å². The molecule has 4 nitrogen and oxygen atoms in total. The molecule has 2 aliphatic carbocycles. The predicted molar refractivity (Wildman–Crippen MR) is 69.4 cm³/mol. The van der Waals surface area contributed by atoms with Crippen LogP contribution in [0.3, 0.4) is 0 Å². The average molecular weight is 255 g/mol. The van der Waals surface area contributed by atoms with E-state index in [2.05, 4.69) is 5.32 Å². The van der Waals surface area contributed by atoms with E-state index in [1.165, 1.54) is 12.8 Å². The Morgan fingerprint density at radius 3 is 2.61 bits per heavy atom. The van der Waals surface area contributed by atoms with Gasteiger partial charge in [0.25, 0.3) is 0 Å². The number of nitrogens with one attached hydrogen (secondary N) is 1. The summed E-state index contributed by atoms with van der Waals surface area (Å²) in [6, 6.07) is 0.489. The van der Waals surface area contributed by atoms with E-state index in [0.29, 0.717) is 25.7 Å². The normalized spacial score (nSPS) is 22.6. The molecule has 0 radical (unpaired) electrons. The van der Waals surface area contributed by atoms with Crippen molar-refractivity contribution < 1.29 is 14.3 Å². The van der Waals surface area contributed by atoms with Gasteiger partial charge >= 0.3 is 5.97 Å². The molecule has 0 bridgehead atoms. The Hall–Kier alpha value is -0.610. The van der Waals surface area contributed by atoms with Crippen LogP contribution in [0.5, 0.6) is 0 Å². The molecular formula is C14H25NO3. The van der Waals surface area contributed by atoms with E-state index in [-0.39, 0.29) is 5.97 Å². The number of hydrogen-bond acceptors (Lipinski definition) is 4. The summed E-state index contributed by atoms with van der Waals surface area (Å²) >= 11 is 0. The minimum atomic E-state index is -0.583. The van der Waals surface area contributed by atoms with Gasteiger partial charge in [-0.15, -0.1) is 0 Å². The molecule has 0 aromatic heterocycles. The first-order chi connectivity index (χ1) is 8.64. The zero-order valence-corrected chi connectivity index (χ0v) is 11.5. The molecule has 104 valence electrons. The Balaban J connectivity index is 1.75. The lowest BCUT2D eigenvalue weighted by Crippen LogP contribution is -2.52. The van der Waals surface area contributed by atoms with Gasteiger partial charge in [-0.25, -0.2) is 0 Å². The second kappa shape index (κ2) is 6.02. The smallest absolute Gasteiger partial charge is 0.326 e. The van der Waals surface area contributed by atoms with E-state index in [1.807, 2.05) is 13.8 Å². The highest BCUT2D eigenvalue weighted by Gasteiger charge is 2.39. The van der Waals surface area contributed by atoms with Crippen molar-refractivity contribution in [1.29, 1.82) is 0 Å². The molecule has 1 atom stereocenters. The number of carbonyl (C=O) groups is 1. The van der Waals surface area contributed by atoms with E-state index in [4.69, 9.17) is 9.47 Å². The molecule has 0 heterocycles. The van der Waals surface area contributed by atoms with Gasteiger partial charge in [-0.05, 0) is 51.9 Å². The minimum Gasteiger partial charge on any atom is -0.465 e. The van der Waals surface area contributed by atoms with Crippen LogP contribution in [0.2, 0.25) is 0 Å². The first-order valence-corrected chi connectivity index (χ1v) is 7.16. The van der Waals surface area contributed by atoms with Crippen LogP contribution in [0.4, 0.5) is 0 Å². The van der Waals surface area contributed by atoms with Crippen LogP contribution < -0.4 is 5.32 Å². The molecule has 2 fully saturated rings. The molecule has 1 N–H and O–H groups in total. The lowest BCUT2D eigenvalue weighted by Gasteiger charge is -2.28. The van der Waals surface area contributed by atoms with Crippen LogP contribution in [-0.2, 0) is 14.3 Å². The van der Waals surface area contributed by atoms with Crippen molar-refractivity contribution >= 4 is 5.97 Å². The van der Waals surface area contributed by atoms with E-state index in [9.17, 15) is 4.79 Å². The van der Waals surface area contributed by atoms with Gasteiger partial charge in [-0.3, -0.25) is 10.1 Å². The van der Waals surface area contributed by atoms with Gasteiger partial charge < -0.3 is 9.47 Å². The quantitative estimate of drug-likeness (QED) is 0.505. The Labute approximate surface area is 109 Å². The summed E-state index contributed by atoms with van der Waals surface area (Å²) in [6.45, 7) is 5.69. The fraction of sp³-hybridized carbons (Fsp3) is 0.929. The van der Waals surface area contributed by atoms with Gasteiger partial charge in [0.05, 0.1) is 6.61 Å². The third-order valence-corrected chi connectivity index (χ3v) is 3.62. The molecular weight excluding hydrogens is 230 g/mol. The van der Waals surface area contributed by atoms with E-state index < -0.39 is 5.54 Å². The van der Waals surface area contributed by atoms with Gasteiger partial charge in [-0.1, -0.05) is 0 Å². The van der Waals surface area contributed by atoms with E-state index in [1.54, 1.807) is 0 Å². The molecule has 4 heteroatoms. The zero-order valence-electron chi connectivity index (χ0n) is 11.5. The zero-order chi connectivity index (χ0) is 13.0. The molecule has 2 saturated carbocycles. The monoisotopic (exact) mass is 255 g/mol. The Bertz CT molecular complexity index is 287. The van der Waals surface area contributed by atoms with E-state index >= 15 is 0 Å². The Kier molecular flexibility index (Phi) is 4.62. The van der Waals surface area contributed by atoms with Crippen LogP contribution >= 0.6 is 0 Å². The number of hydrogen-bond donors (Lipinski definition) is 1. The summed E-state index contributed by atoms with van der Waals surface area (Å²) < 4.78 is 10.8. The molecule has 0 aromatic carbocycles. The van der Waals surface area contributed by atoms with Crippen LogP contribution in [0.25, 0.3) is 0 Å². The molecule has 0 aliphatic heterocycles. The largest absolute Gasteiger partial charge is 0.465 e. The predicted octanol–water partition coefficient (Wildman–Crippen LogP) is 1.88. The lowest BCUT2D eigenvalue weighted by molar-refractivity contribution is -0.151. The number of ether oxygens (including phenoxy) is 2. The standard InChI is InChI=1S/C14H25NO3/c1-3-18-13(16)14(2,15-12-6-7-12)8-9-17-10-11-4-5-11/h11-12,15H,3-10H2,1-2H3. The minimum absolute atomic E-state index is 0.146. The molecule has 0 spiro atoms. The number of carbonyl (C=O) groups excluding carboxylic acids is 1. The molecule has 1 unspecified atom stereocenters. The fourth-order valence-electron chi connectivity index (χ4n) is 2.01. The van der Waals surface area contributed by atoms with Gasteiger partial charge in [0.15, 0.2) is 0 Å². The molecule has 0 aromatic rings. The van der Waals surface area contributed by atoms with E-state index in [0.717, 1.165) is 25.4 Å². The van der Waals surface area contributed by atoms with Crippen LogP contribution in [0, 0.1) is 5.92 Å². The highest BCUT2D eigenvalue weighted by atomic mass is 16.5. The second-order valence-electron chi connectivity index (χ2n) is 5.74. The maximum absolute atomic E-state index is 12.0. The summed E-state index contributed by atoms with van der Waals surface area (Å²) in [5.74, 6) is 0.627. The maximum Gasteiger partial charge on any atom is 0.326 e. The highest BCUT2D eigenvalue weighted by Crippen LogP contribution is 2.29. The van der Waals surface area contributed by atoms with Crippen molar-refractivity contribution in [2.24, 2.45) is 5.92 Å². The number of rotatable bonds is 9. The highest BCUT2D eigenvalue weighted by molar-refractivity contribution is 5.80. The molecule has 0 amide bonds. The van der Waals surface area contributed by atoms with Crippen LogP contribution in [0.15, 0.2) is 0 Å². The summed E-state index contributed by atoms with van der Waals surface area (Å²) in [7, 11) is 0.